The molecule has 1 aromatic rings. The Balaban J connectivity index is 0.00000196. The van der Waals surface area contributed by atoms with Crippen LogP contribution in [0.15, 0.2) is 18.2 Å². The quantitative estimate of drug-likeness (QED) is 0.855. The Kier molecular flexibility index (Phi) is 6.60. The van der Waals surface area contributed by atoms with Gasteiger partial charge in [-0.3, -0.25) is 4.21 Å². The standard InChI is InChI=1S/C9H14N2O2S.Y/c1-7-4-5-8(11(2)3)6-9(7)10-14(12)13;/h4-6,10H,1-3H3,(H,12,13);/p-1. The van der Waals surface area contributed by atoms with E-state index in [2.05, 4.69) is 4.72 Å². The zero-order valence-corrected chi connectivity index (χ0v) is 12.6. The van der Waals surface area contributed by atoms with Crippen LogP contribution in [0.2, 0.25) is 0 Å². The third-order valence-corrected chi connectivity index (χ3v) is 2.32. The van der Waals surface area contributed by atoms with Gasteiger partial charge in [0.2, 0.25) is 0 Å². The summed E-state index contributed by atoms with van der Waals surface area (Å²) < 4.78 is 23.3. The predicted octanol–water partition coefficient (Wildman–Crippen LogP) is 1.26. The van der Waals surface area contributed by atoms with Gasteiger partial charge in [0, 0.05) is 63.8 Å². The van der Waals surface area contributed by atoms with Crippen molar-refractivity contribution in [1.82, 2.24) is 0 Å². The molecule has 1 N–H and O–H groups in total. The van der Waals surface area contributed by atoms with E-state index in [0.717, 1.165) is 11.3 Å². The normalized spacial score (nSPS) is 11.5. The first-order valence-corrected chi connectivity index (χ1v) is 5.22. The molecule has 1 rings (SSSR count). The molecule has 0 amide bonds. The first-order valence-electron chi connectivity index (χ1n) is 4.14. The summed E-state index contributed by atoms with van der Waals surface area (Å²) in [6.07, 6.45) is 0. The van der Waals surface area contributed by atoms with E-state index >= 15 is 0 Å². The molecule has 6 heteroatoms. The topological polar surface area (TPSA) is 55.4 Å². The average Bonchev–Trinajstić information content (AvgIpc) is 2.07. The molecule has 0 aromatic heterocycles. The second kappa shape index (κ2) is 6.58. The van der Waals surface area contributed by atoms with Gasteiger partial charge in [0.1, 0.15) is 0 Å². The zero-order valence-electron chi connectivity index (χ0n) is 8.98. The van der Waals surface area contributed by atoms with Crippen molar-refractivity contribution in [2.24, 2.45) is 0 Å². The Bertz CT molecular complexity index is 358. The summed E-state index contributed by atoms with van der Waals surface area (Å²) >= 11 is -2.27. The maximum absolute atomic E-state index is 10.5. The second-order valence-corrected chi connectivity index (χ2v) is 3.90. The van der Waals surface area contributed by atoms with E-state index < -0.39 is 11.3 Å². The van der Waals surface area contributed by atoms with E-state index in [-0.39, 0.29) is 32.7 Å². The average molecular weight is 302 g/mol. The van der Waals surface area contributed by atoms with Gasteiger partial charge in [-0.25, -0.2) is 0 Å². The van der Waals surface area contributed by atoms with E-state index in [0.29, 0.717) is 5.69 Å². The number of hydrogen-bond donors (Lipinski definition) is 1. The van der Waals surface area contributed by atoms with Gasteiger partial charge in [-0.05, 0) is 24.6 Å². The zero-order chi connectivity index (χ0) is 10.7. The third kappa shape index (κ3) is 4.59. The molecule has 0 saturated carbocycles. The SMILES string of the molecule is Cc1ccc(N(C)C)cc1NS(=O)[O-].[Y]. The molecule has 1 aromatic carbocycles. The number of anilines is 2. The fourth-order valence-corrected chi connectivity index (χ4v) is 1.49. The monoisotopic (exact) mass is 302 g/mol. The Morgan fingerprint density at radius 3 is 2.47 bits per heavy atom. The smallest absolute Gasteiger partial charge is 0.0502 e. The number of aryl methyl sites for hydroxylation is 1. The van der Waals surface area contributed by atoms with Crippen molar-refractivity contribution in [3.8, 4) is 0 Å². The molecule has 0 aliphatic heterocycles. The Morgan fingerprint density at radius 1 is 1.40 bits per heavy atom. The van der Waals surface area contributed by atoms with Crippen LogP contribution in [0.25, 0.3) is 0 Å². The number of nitrogens with zero attached hydrogens (tertiary/aromatic N) is 1. The van der Waals surface area contributed by atoms with Crippen LogP contribution in [0.1, 0.15) is 5.56 Å². The summed E-state index contributed by atoms with van der Waals surface area (Å²) in [4.78, 5) is 1.92. The van der Waals surface area contributed by atoms with E-state index in [9.17, 15) is 8.76 Å². The van der Waals surface area contributed by atoms with Crippen LogP contribution in [0.4, 0.5) is 11.4 Å². The maximum Gasteiger partial charge on any atom is 0.0502 e. The maximum atomic E-state index is 10.5. The van der Waals surface area contributed by atoms with Crippen molar-refractivity contribution in [2.75, 3.05) is 23.7 Å². The third-order valence-electron chi connectivity index (χ3n) is 1.93. The molecule has 0 aliphatic rings. The summed E-state index contributed by atoms with van der Waals surface area (Å²) in [7, 11) is 3.81. The first kappa shape index (κ1) is 15.0. The van der Waals surface area contributed by atoms with Gasteiger partial charge in [0.15, 0.2) is 0 Å². The molecule has 15 heavy (non-hydrogen) atoms. The van der Waals surface area contributed by atoms with Gasteiger partial charge < -0.3 is 14.2 Å². The minimum atomic E-state index is -2.27. The summed E-state index contributed by atoms with van der Waals surface area (Å²) in [5, 5.41) is 0. The molecule has 1 atom stereocenters. The van der Waals surface area contributed by atoms with Gasteiger partial charge in [0.25, 0.3) is 0 Å². The summed E-state index contributed by atoms with van der Waals surface area (Å²) in [5.41, 5.74) is 2.48. The molecule has 81 valence electrons. The predicted molar refractivity (Wildman–Crippen MR) is 58.0 cm³/mol. The molecule has 0 saturated heterocycles. The van der Waals surface area contributed by atoms with E-state index in [1.54, 1.807) is 6.07 Å². The van der Waals surface area contributed by atoms with Crippen LogP contribution in [0.3, 0.4) is 0 Å². The fourth-order valence-electron chi connectivity index (χ4n) is 1.09. The van der Waals surface area contributed by atoms with Crippen LogP contribution >= 0.6 is 0 Å². The van der Waals surface area contributed by atoms with Gasteiger partial charge in [-0.1, -0.05) is 6.07 Å². The van der Waals surface area contributed by atoms with Crippen molar-refractivity contribution in [3.05, 3.63) is 23.8 Å². The molecule has 0 fully saturated rings. The molecule has 0 heterocycles. The van der Waals surface area contributed by atoms with Crippen LogP contribution in [-0.4, -0.2) is 22.9 Å². The van der Waals surface area contributed by atoms with Crippen molar-refractivity contribution in [1.29, 1.82) is 0 Å². The molecule has 1 radical (unpaired) electrons. The van der Waals surface area contributed by atoms with Crippen molar-refractivity contribution in [2.45, 2.75) is 6.92 Å². The Labute approximate surface area is 118 Å². The number of benzene rings is 1. The number of hydrogen-bond acceptors (Lipinski definition) is 3. The molecule has 4 nitrogen and oxygen atoms in total. The van der Waals surface area contributed by atoms with Crippen molar-refractivity contribution in [3.63, 3.8) is 0 Å². The van der Waals surface area contributed by atoms with Crippen LogP contribution < -0.4 is 9.62 Å². The van der Waals surface area contributed by atoms with Crippen molar-refractivity contribution >= 4 is 22.6 Å². The second-order valence-electron chi connectivity index (χ2n) is 3.23. The van der Waals surface area contributed by atoms with Crippen LogP contribution in [0.5, 0.6) is 0 Å². The molecule has 1 unspecified atom stereocenters. The van der Waals surface area contributed by atoms with E-state index in [1.807, 2.05) is 38.1 Å². The Morgan fingerprint density at radius 2 is 2.00 bits per heavy atom. The number of nitrogens with one attached hydrogen (secondary N) is 1. The fraction of sp³-hybridized carbons (Fsp3) is 0.333. The van der Waals surface area contributed by atoms with Gasteiger partial charge in [-0.15, -0.1) is 0 Å². The minimum absolute atomic E-state index is 0. The molecule has 0 bridgehead atoms. The van der Waals surface area contributed by atoms with Crippen LogP contribution in [-0.2, 0) is 44.0 Å². The summed E-state index contributed by atoms with van der Waals surface area (Å²) in [6, 6.07) is 5.61. The first-order chi connectivity index (χ1) is 6.50. The van der Waals surface area contributed by atoms with Crippen molar-refractivity contribution < 1.29 is 41.5 Å². The number of rotatable bonds is 3. The molecule has 0 aliphatic carbocycles. The molecular formula is C9H13N2O2SY-. The Hall–Kier alpha value is 0.0339. The van der Waals surface area contributed by atoms with Gasteiger partial charge in [-0.2, -0.15) is 0 Å². The van der Waals surface area contributed by atoms with E-state index in [1.165, 1.54) is 0 Å². The molecule has 0 spiro atoms. The van der Waals surface area contributed by atoms with Crippen LogP contribution in [0, 0.1) is 6.92 Å². The molecular weight excluding hydrogens is 289 g/mol. The minimum Gasteiger partial charge on any atom is -0.755 e. The summed E-state index contributed by atoms with van der Waals surface area (Å²) in [6.45, 7) is 1.86. The summed E-state index contributed by atoms with van der Waals surface area (Å²) in [5.74, 6) is 0. The van der Waals surface area contributed by atoms with Gasteiger partial charge >= 0.3 is 0 Å². The van der Waals surface area contributed by atoms with E-state index in [4.69, 9.17) is 0 Å². The van der Waals surface area contributed by atoms with Gasteiger partial charge in [0.05, 0.1) is 5.69 Å². The largest absolute Gasteiger partial charge is 0.755 e.